The summed E-state index contributed by atoms with van der Waals surface area (Å²) >= 11 is 2.33. The number of carbonyl (C=O) groups excluding carboxylic acids is 1. The zero-order chi connectivity index (χ0) is 31.4. The van der Waals surface area contributed by atoms with Crippen LogP contribution >= 0.6 is 23.1 Å². The van der Waals surface area contributed by atoms with Gasteiger partial charge in [-0.3, -0.25) is 19.5 Å². The summed E-state index contributed by atoms with van der Waals surface area (Å²) in [6.45, 7) is 5.75. The van der Waals surface area contributed by atoms with E-state index in [1.165, 1.54) is 35.6 Å². The number of hydrogen-bond donors (Lipinski definition) is 0. The van der Waals surface area contributed by atoms with Crippen molar-refractivity contribution in [1.82, 2.24) is 14.5 Å². The Morgan fingerprint density at radius 1 is 1.14 bits per heavy atom. The predicted molar refractivity (Wildman–Crippen MR) is 164 cm³/mol. The lowest BCUT2D eigenvalue weighted by Crippen LogP contribution is -2.40. The quantitative estimate of drug-likeness (QED) is 0.108. The molecule has 3 heterocycles. The van der Waals surface area contributed by atoms with E-state index >= 15 is 0 Å². The standard InChI is InChI=1S/C30H27N5O7S2/c1-5-41-22-15-18(8-10-21(22)40-4)26-25(28(37)42-6-2)17(3)33-30-34(26)27(36)24(44-30)16-19-14-20(35(38)39)9-11-23(19)43-29-31-12-7-13-32-29/h7-16,26H,5-6H2,1-4H3/b24-16+/t26-/m0/s1. The first-order chi connectivity index (χ1) is 21.2. The molecule has 44 heavy (non-hydrogen) atoms. The molecule has 0 unspecified atom stereocenters. The average Bonchev–Trinajstić information content (AvgIpc) is 3.31. The summed E-state index contributed by atoms with van der Waals surface area (Å²) < 4.78 is 18.3. The molecule has 0 amide bonds. The molecule has 0 radical (unpaired) electrons. The minimum absolute atomic E-state index is 0.137. The van der Waals surface area contributed by atoms with E-state index in [9.17, 15) is 19.7 Å². The van der Waals surface area contributed by atoms with Crippen molar-refractivity contribution >= 4 is 40.8 Å². The summed E-state index contributed by atoms with van der Waals surface area (Å²) in [5.74, 6) is 0.357. The molecule has 1 aliphatic rings. The molecule has 2 aromatic carbocycles. The molecule has 14 heteroatoms. The van der Waals surface area contributed by atoms with Crippen LogP contribution in [0, 0.1) is 10.1 Å². The number of esters is 1. The van der Waals surface area contributed by atoms with Crippen LogP contribution in [-0.4, -0.2) is 45.8 Å². The van der Waals surface area contributed by atoms with Crippen LogP contribution in [0.5, 0.6) is 11.5 Å². The lowest BCUT2D eigenvalue weighted by Gasteiger charge is -2.25. The zero-order valence-electron chi connectivity index (χ0n) is 24.2. The number of benzene rings is 2. The van der Waals surface area contributed by atoms with Gasteiger partial charge < -0.3 is 14.2 Å². The van der Waals surface area contributed by atoms with Crippen LogP contribution in [0.2, 0.25) is 0 Å². The number of aromatic nitrogens is 3. The second-order valence-electron chi connectivity index (χ2n) is 9.26. The average molecular weight is 634 g/mol. The molecular weight excluding hydrogens is 606 g/mol. The maximum atomic E-state index is 14.1. The van der Waals surface area contributed by atoms with Crippen LogP contribution in [0.25, 0.3) is 6.08 Å². The summed E-state index contributed by atoms with van der Waals surface area (Å²) in [6, 6.07) is 10.4. The summed E-state index contributed by atoms with van der Waals surface area (Å²) in [4.78, 5) is 52.6. The maximum Gasteiger partial charge on any atom is 0.338 e. The fourth-order valence-corrected chi connectivity index (χ4v) is 6.50. The number of methoxy groups -OCH3 is 1. The monoisotopic (exact) mass is 633 g/mol. The number of nitro groups is 1. The summed E-state index contributed by atoms with van der Waals surface area (Å²) in [7, 11) is 1.53. The van der Waals surface area contributed by atoms with Gasteiger partial charge in [0.1, 0.15) is 0 Å². The maximum absolute atomic E-state index is 14.1. The van der Waals surface area contributed by atoms with Gasteiger partial charge in [0.2, 0.25) is 0 Å². The number of rotatable bonds is 10. The number of carbonyl (C=O) groups is 1. The van der Waals surface area contributed by atoms with Crippen molar-refractivity contribution in [3.05, 3.63) is 107 Å². The number of nitro benzene ring substituents is 1. The second-order valence-corrected chi connectivity index (χ2v) is 11.3. The molecule has 5 rings (SSSR count). The molecular formula is C30H27N5O7S2. The minimum Gasteiger partial charge on any atom is -0.493 e. The van der Waals surface area contributed by atoms with Gasteiger partial charge in [-0.05, 0) is 74.0 Å². The van der Waals surface area contributed by atoms with Gasteiger partial charge in [-0.2, -0.15) is 0 Å². The van der Waals surface area contributed by atoms with E-state index in [-0.39, 0.29) is 22.4 Å². The predicted octanol–water partition coefficient (Wildman–Crippen LogP) is 4.06. The Kier molecular flexibility index (Phi) is 9.20. The van der Waals surface area contributed by atoms with Crippen molar-refractivity contribution in [3.63, 3.8) is 0 Å². The van der Waals surface area contributed by atoms with E-state index in [0.717, 1.165) is 11.3 Å². The van der Waals surface area contributed by atoms with Crippen LogP contribution in [0.1, 0.15) is 37.9 Å². The molecule has 2 aromatic heterocycles. The third-order valence-electron chi connectivity index (χ3n) is 6.55. The molecule has 0 spiro atoms. The Morgan fingerprint density at radius 2 is 1.91 bits per heavy atom. The number of ether oxygens (including phenoxy) is 3. The highest BCUT2D eigenvalue weighted by molar-refractivity contribution is 7.99. The topological polar surface area (TPSA) is 148 Å². The van der Waals surface area contributed by atoms with E-state index in [0.29, 0.717) is 49.8 Å². The molecule has 1 aliphatic heterocycles. The van der Waals surface area contributed by atoms with E-state index in [1.54, 1.807) is 62.6 Å². The van der Waals surface area contributed by atoms with E-state index in [1.807, 2.05) is 6.92 Å². The minimum atomic E-state index is -0.880. The van der Waals surface area contributed by atoms with Gasteiger partial charge >= 0.3 is 5.97 Å². The summed E-state index contributed by atoms with van der Waals surface area (Å²) in [6.07, 6.45) is 4.78. The van der Waals surface area contributed by atoms with E-state index in [2.05, 4.69) is 15.0 Å². The third kappa shape index (κ3) is 6.12. The van der Waals surface area contributed by atoms with E-state index < -0.39 is 22.5 Å². The van der Waals surface area contributed by atoms with Gasteiger partial charge in [0, 0.05) is 29.4 Å². The van der Waals surface area contributed by atoms with Crippen LogP contribution in [0.3, 0.4) is 0 Å². The van der Waals surface area contributed by atoms with E-state index in [4.69, 9.17) is 14.2 Å². The lowest BCUT2D eigenvalue weighted by molar-refractivity contribution is -0.384. The highest BCUT2D eigenvalue weighted by Gasteiger charge is 2.34. The molecule has 0 saturated carbocycles. The van der Waals surface area contributed by atoms with Crippen LogP contribution in [-0.2, 0) is 9.53 Å². The number of thiazole rings is 1. The second kappa shape index (κ2) is 13.2. The molecule has 0 aliphatic carbocycles. The summed E-state index contributed by atoms with van der Waals surface area (Å²) in [5, 5.41) is 12.1. The Balaban J connectivity index is 1.72. The molecule has 226 valence electrons. The van der Waals surface area contributed by atoms with Gasteiger partial charge in [0.05, 0.1) is 47.1 Å². The lowest BCUT2D eigenvalue weighted by atomic mass is 9.95. The Bertz CT molecular complexity index is 1950. The fraction of sp³-hybridized carbons (Fsp3) is 0.233. The van der Waals surface area contributed by atoms with Gasteiger partial charge in [-0.1, -0.05) is 17.4 Å². The Morgan fingerprint density at radius 3 is 2.59 bits per heavy atom. The van der Waals surface area contributed by atoms with Crippen LogP contribution in [0.15, 0.2) is 86.0 Å². The van der Waals surface area contributed by atoms with Crippen molar-refractivity contribution in [2.75, 3.05) is 20.3 Å². The van der Waals surface area contributed by atoms with Crippen LogP contribution in [0.4, 0.5) is 5.69 Å². The van der Waals surface area contributed by atoms with Gasteiger partial charge in [0.25, 0.3) is 11.2 Å². The molecule has 0 N–H and O–H groups in total. The molecule has 0 bridgehead atoms. The fourth-order valence-electron chi connectivity index (χ4n) is 4.67. The highest BCUT2D eigenvalue weighted by atomic mass is 32.2. The smallest absolute Gasteiger partial charge is 0.338 e. The van der Waals surface area contributed by atoms with Crippen molar-refractivity contribution in [1.29, 1.82) is 0 Å². The zero-order valence-corrected chi connectivity index (χ0v) is 25.8. The number of allylic oxidation sites excluding steroid dienone is 1. The van der Waals surface area contributed by atoms with Crippen molar-refractivity contribution in [2.45, 2.75) is 36.9 Å². The van der Waals surface area contributed by atoms with Gasteiger partial charge in [-0.15, -0.1) is 0 Å². The van der Waals surface area contributed by atoms with Gasteiger partial charge in [-0.25, -0.2) is 19.8 Å². The van der Waals surface area contributed by atoms with Crippen molar-refractivity contribution in [3.8, 4) is 11.5 Å². The Labute approximate surface area is 259 Å². The number of non-ortho nitro benzene ring substituents is 1. The number of hydrogen-bond acceptors (Lipinski definition) is 12. The number of fused-ring (bicyclic) bond motifs is 1. The summed E-state index contributed by atoms with van der Waals surface area (Å²) in [5.41, 5.74) is 1.08. The molecule has 0 fully saturated rings. The SMILES string of the molecule is CCOC(=O)C1=C(C)N=c2s/c(=C/c3cc([N+](=O)[O-])ccc3Sc3ncccn3)c(=O)n2[C@H]1c1ccc(OC)c(OCC)c1. The Hall–Kier alpha value is -4.82. The molecule has 12 nitrogen and oxygen atoms in total. The molecule has 1 atom stereocenters. The molecule has 0 saturated heterocycles. The number of nitrogens with zero attached hydrogens (tertiary/aromatic N) is 5. The highest BCUT2D eigenvalue weighted by Crippen LogP contribution is 2.36. The first kappa shape index (κ1) is 30.6. The molecule has 4 aromatic rings. The third-order valence-corrected chi connectivity index (χ3v) is 8.52. The normalized spacial score (nSPS) is 14.5. The first-order valence-corrected chi connectivity index (χ1v) is 15.1. The van der Waals surface area contributed by atoms with Crippen molar-refractivity contribution < 1.29 is 23.9 Å². The largest absolute Gasteiger partial charge is 0.493 e. The van der Waals surface area contributed by atoms with Crippen LogP contribution < -0.4 is 24.4 Å². The first-order valence-electron chi connectivity index (χ1n) is 13.5. The van der Waals surface area contributed by atoms with Gasteiger partial charge in [0.15, 0.2) is 21.5 Å². The van der Waals surface area contributed by atoms with Crippen molar-refractivity contribution in [2.24, 2.45) is 4.99 Å².